The van der Waals surface area contributed by atoms with E-state index in [0.717, 1.165) is 50.4 Å². The van der Waals surface area contributed by atoms with Crippen molar-refractivity contribution in [2.45, 2.75) is 6.92 Å². The van der Waals surface area contributed by atoms with Gasteiger partial charge in [-0.3, -0.25) is 10.3 Å². The SMILES string of the molecule is Cc1cc(N2CCN(CCN(C)C)CC2)ccc1C(=N)N. The van der Waals surface area contributed by atoms with Crippen LogP contribution in [0.15, 0.2) is 18.2 Å². The van der Waals surface area contributed by atoms with E-state index >= 15 is 0 Å². The Labute approximate surface area is 127 Å². The maximum Gasteiger partial charge on any atom is 0.123 e. The van der Waals surface area contributed by atoms with Crippen molar-refractivity contribution in [3.05, 3.63) is 29.3 Å². The van der Waals surface area contributed by atoms with E-state index in [9.17, 15) is 0 Å². The molecule has 0 spiro atoms. The number of nitrogen functional groups attached to an aromatic ring is 1. The van der Waals surface area contributed by atoms with E-state index in [1.165, 1.54) is 5.69 Å². The van der Waals surface area contributed by atoms with Gasteiger partial charge in [-0.1, -0.05) is 0 Å². The van der Waals surface area contributed by atoms with E-state index in [1.54, 1.807) is 0 Å². The van der Waals surface area contributed by atoms with Gasteiger partial charge in [0, 0.05) is 50.5 Å². The fourth-order valence-corrected chi connectivity index (χ4v) is 2.72. The second kappa shape index (κ2) is 6.91. The van der Waals surface area contributed by atoms with Crippen molar-refractivity contribution in [1.82, 2.24) is 9.80 Å². The summed E-state index contributed by atoms with van der Waals surface area (Å²) >= 11 is 0. The average molecular weight is 289 g/mol. The first kappa shape index (κ1) is 15.8. The largest absolute Gasteiger partial charge is 0.384 e. The quantitative estimate of drug-likeness (QED) is 0.626. The first-order chi connectivity index (χ1) is 9.97. The third-order valence-corrected chi connectivity index (χ3v) is 4.10. The second-order valence-electron chi connectivity index (χ2n) is 6.04. The summed E-state index contributed by atoms with van der Waals surface area (Å²) in [7, 11) is 4.24. The number of piperazine rings is 1. The molecule has 1 aromatic carbocycles. The average Bonchev–Trinajstić information content (AvgIpc) is 2.45. The van der Waals surface area contributed by atoms with Crippen molar-refractivity contribution in [2.24, 2.45) is 5.73 Å². The number of anilines is 1. The Morgan fingerprint density at radius 2 is 1.90 bits per heavy atom. The summed E-state index contributed by atoms with van der Waals surface area (Å²) < 4.78 is 0. The smallest absolute Gasteiger partial charge is 0.123 e. The third-order valence-electron chi connectivity index (χ3n) is 4.10. The highest BCUT2D eigenvalue weighted by Crippen LogP contribution is 2.20. The van der Waals surface area contributed by atoms with Gasteiger partial charge in [0.2, 0.25) is 0 Å². The van der Waals surface area contributed by atoms with Crippen LogP contribution in [-0.2, 0) is 0 Å². The predicted molar refractivity (Wildman–Crippen MR) is 89.4 cm³/mol. The van der Waals surface area contributed by atoms with Crippen LogP contribution in [0.25, 0.3) is 0 Å². The molecule has 0 atom stereocenters. The van der Waals surface area contributed by atoms with E-state index < -0.39 is 0 Å². The molecule has 0 bridgehead atoms. The maximum atomic E-state index is 7.55. The molecule has 1 aliphatic heterocycles. The normalized spacial score (nSPS) is 16.5. The zero-order chi connectivity index (χ0) is 15.4. The molecule has 0 unspecified atom stereocenters. The first-order valence-corrected chi connectivity index (χ1v) is 7.54. The van der Waals surface area contributed by atoms with Crippen molar-refractivity contribution < 1.29 is 0 Å². The lowest BCUT2D eigenvalue weighted by Crippen LogP contribution is -2.48. The van der Waals surface area contributed by atoms with E-state index in [1.807, 2.05) is 13.0 Å². The van der Waals surface area contributed by atoms with Crippen LogP contribution in [0.4, 0.5) is 5.69 Å². The van der Waals surface area contributed by atoms with Gasteiger partial charge < -0.3 is 15.5 Å². The van der Waals surface area contributed by atoms with Gasteiger partial charge in [-0.15, -0.1) is 0 Å². The zero-order valence-electron chi connectivity index (χ0n) is 13.4. The Kier molecular flexibility index (Phi) is 5.20. The Balaban J connectivity index is 1.93. The lowest BCUT2D eigenvalue weighted by molar-refractivity contribution is 0.229. The minimum absolute atomic E-state index is 0.146. The van der Waals surface area contributed by atoms with Crippen LogP contribution in [0.2, 0.25) is 0 Å². The minimum Gasteiger partial charge on any atom is -0.384 e. The molecule has 0 aromatic heterocycles. The van der Waals surface area contributed by atoms with E-state index in [2.05, 4.69) is 40.9 Å². The molecule has 0 amide bonds. The Bertz CT molecular complexity index is 489. The van der Waals surface area contributed by atoms with Gasteiger partial charge in [0.05, 0.1) is 0 Å². The van der Waals surface area contributed by atoms with Gasteiger partial charge in [0.25, 0.3) is 0 Å². The zero-order valence-corrected chi connectivity index (χ0v) is 13.4. The Morgan fingerprint density at radius 3 is 2.43 bits per heavy atom. The topological polar surface area (TPSA) is 59.6 Å². The summed E-state index contributed by atoms with van der Waals surface area (Å²) in [5.41, 5.74) is 8.73. The van der Waals surface area contributed by atoms with Crippen LogP contribution >= 0.6 is 0 Å². The van der Waals surface area contributed by atoms with Crippen molar-refractivity contribution >= 4 is 11.5 Å². The number of nitrogens with zero attached hydrogens (tertiary/aromatic N) is 3. The van der Waals surface area contributed by atoms with Crippen LogP contribution in [0, 0.1) is 12.3 Å². The van der Waals surface area contributed by atoms with Crippen LogP contribution < -0.4 is 10.6 Å². The molecule has 3 N–H and O–H groups in total. The molecule has 5 heteroatoms. The van der Waals surface area contributed by atoms with Gasteiger partial charge in [-0.25, -0.2) is 0 Å². The molecular weight excluding hydrogens is 262 g/mol. The van der Waals surface area contributed by atoms with E-state index in [4.69, 9.17) is 11.1 Å². The maximum absolute atomic E-state index is 7.55. The highest BCUT2D eigenvalue weighted by atomic mass is 15.3. The predicted octanol–water partition coefficient (Wildman–Crippen LogP) is 0.963. The van der Waals surface area contributed by atoms with Crippen LogP contribution in [0.5, 0.6) is 0 Å². The van der Waals surface area contributed by atoms with Crippen LogP contribution in [0.1, 0.15) is 11.1 Å². The summed E-state index contributed by atoms with van der Waals surface area (Å²) in [6.07, 6.45) is 0. The van der Waals surface area contributed by atoms with Crippen LogP contribution in [0.3, 0.4) is 0 Å². The molecule has 21 heavy (non-hydrogen) atoms. The summed E-state index contributed by atoms with van der Waals surface area (Å²) in [6.45, 7) is 8.63. The third kappa shape index (κ3) is 4.19. The summed E-state index contributed by atoms with van der Waals surface area (Å²) in [6, 6.07) is 6.19. The summed E-state index contributed by atoms with van der Waals surface area (Å²) in [5, 5.41) is 7.55. The number of aryl methyl sites for hydroxylation is 1. The van der Waals surface area contributed by atoms with Crippen molar-refractivity contribution in [2.75, 3.05) is 58.3 Å². The molecular formula is C16H27N5. The van der Waals surface area contributed by atoms with Crippen molar-refractivity contribution in [3.63, 3.8) is 0 Å². The highest BCUT2D eigenvalue weighted by Gasteiger charge is 2.17. The fraction of sp³-hybridized carbons (Fsp3) is 0.562. The minimum atomic E-state index is 0.146. The van der Waals surface area contributed by atoms with Gasteiger partial charge in [0.15, 0.2) is 0 Å². The lowest BCUT2D eigenvalue weighted by atomic mass is 10.1. The number of likely N-dealkylation sites (N-methyl/N-ethyl adjacent to an activating group) is 1. The van der Waals surface area contributed by atoms with Gasteiger partial charge in [-0.2, -0.15) is 0 Å². The molecule has 1 saturated heterocycles. The number of benzene rings is 1. The monoisotopic (exact) mass is 289 g/mol. The molecule has 0 aliphatic carbocycles. The first-order valence-electron chi connectivity index (χ1n) is 7.54. The molecule has 0 saturated carbocycles. The Hall–Kier alpha value is -1.59. The number of nitrogens with two attached hydrogens (primary N) is 1. The van der Waals surface area contributed by atoms with Crippen molar-refractivity contribution in [1.29, 1.82) is 5.41 Å². The highest BCUT2D eigenvalue weighted by molar-refractivity contribution is 5.96. The van der Waals surface area contributed by atoms with Crippen molar-refractivity contribution in [3.8, 4) is 0 Å². The molecule has 1 aromatic rings. The molecule has 1 aliphatic rings. The van der Waals surface area contributed by atoms with Crippen LogP contribution in [-0.4, -0.2) is 69.0 Å². The molecule has 2 rings (SSSR count). The number of hydrogen-bond acceptors (Lipinski definition) is 4. The second-order valence-corrected chi connectivity index (χ2v) is 6.04. The fourth-order valence-electron chi connectivity index (χ4n) is 2.72. The molecule has 0 radical (unpaired) electrons. The molecule has 1 fully saturated rings. The molecule has 116 valence electrons. The molecule has 5 nitrogen and oxygen atoms in total. The van der Waals surface area contributed by atoms with Gasteiger partial charge >= 0.3 is 0 Å². The van der Waals surface area contributed by atoms with E-state index in [-0.39, 0.29) is 5.84 Å². The number of nitrogens with one attached hydrogen (secondary N) is 1. The van der Waals surface area contributed by atoms with Gasteiger partial charge in [0.1, 0.15) is 5.84 Å². The number of amidine groups is 1. The molecule has 1 heterocycles. The van der Waals surface area contributed by atoms with Gasteiger partial charge in [-0.05, 0) is 44.8 Å². The van der Waals surface area contributed by atoms with E-state index in [0.29, 0.717) is 0 Å². The Morgan fingerprint density at radius 1 is 1.24 bits per heavy atom. The summed E-state index contributed by atoms with van der Waals surface area (Å²) in [4.78, 5) is 7.17. The number of hydrogen-bond donors (Lipinski definition) is 2. The number of rotatable bonds is 5. The standard InChI is InChI=1S/C16H27N5/c1-13-12-14(4-5-15(13)16(17)18)21-10-8-20(9-11-21)7-6-19(2)3/h4-5,12H,6-11H2,1-3H3,(H3,17,18). The lowest BCUT2D eigenvalue weighted by Gasteiger charge is -2.36. The summed E-state index contributed by atoms with van der Waals surface area (Å²) in [5.74, 6) is 0.146.